The molecule has 1 fully saturated rings. The van der Waals surface area contributed by atoms with Gasteiger partial charge in [-0.1, -0.05) is 54.6 Å². The van der Waals surface area contributed by atoms with Crippen molar-refractivity contribution in [2.75, 3.05) is 49.5 Å². The molecule has 1 saturated heterocycles. The van der Waals surface area contributed by atoms with Gasteiger partial charge in [-0.05, 0) is 24.3 Å². The first-order valence-corrected chi connectivity index (χ1v) is 13.4. The molecule has 0 bridgehead atoms. The van der Waals surface area contributed by atoms with Gasteiger partial charge in [-0.2, -0.15) is 0 Å². The molecule has 0 saturated carbocycles. The molecule has 39 heavy (non-hydrogen) atoms. The smallest absolute Gasteiger partial charge is 0.196 e. The lowest BCUT2D eigenvalue weighted by Crippen LogP contribution is -2.47. The number of fused-ring (bicyclic) bond motifs is 5. The van der Waals surface area contributed by atoms with E-state index in [0.717, 1.165) is 38.4 Å². The molecule has 0 radical (unpaired) electrons. The zero-order valence-corrected chi connectivity index (χ0v) is 21.5. The van der Waals surface area contributed by atoms with Gasteiger partial charge < -0.3 is 15.0 Å². The van der Waals surface area contributed by atoms with Crippen molar-refractivity contribution >= 4 is 34.3 Å². The van der Waals surface area contributed by atoms with Gasteiger partial charge in [0.1, 0.15) is 11.4 Å². The van der Waals surface area contributed by atoms with Crippen LogP contribution >= 0.6 is 0 Å². The van der Waals surface area contributed by atoms with Gasteiger partial charge in [-0.3, -0.25) is 14.5 Å². The standard InChI is InChI=1S/C32H28N4O3/c37-31-22-10-4-5-11-23(22)32(38)29-28(31)25(20-27-30(29)34-24-12-6-7-13-26(24)39-27)33-14-15-35-16-18-36(19-17-35)21-8-2-1-3-9-21/h1-13,20,26,33H,14-19H2. The molecule has 7 rings (SSSR count). The Morgan fingerprint density at radius 1 is 0.872 bits per heavy atom. The Labute approximate surface area is 227 Å². The number of piperazine rings is 1. The number of ether oxygens (including phenoxy) is 1. The molecule has 2 aliphatic carbocycles. The van der Waals surface area contributed by atoms with Gasteiger partial charge in [-0.25, -0.2) is 4.99 Å². The zero-order chi connectivity index (χ0) is 26.3. The number of aliphatic imine (C=N–C) groups is 1. The predicted molar refractivity (Wildman–Crippen MR) is 153 cm³/mol. The summed E-state index contributed by atoms with van der Waals surface area (Å²) in [6, 6.07) is 19.4. The van der Waals surface area contributed by atoms with Crippen molar-refractivity contribution in [3.63, 3.8) is 0 Å². The summed E-state index contributed by atoms with van der Waals surface area (Å²) in [7, 11) is 0. The van der Waals surface area contributed by atoms with E-state index < -0.39 is 0 Å². The molecule has 1 unspecified atom stereocenters. The number of ketones is 2. The molecule has 2 heterocycles. The van der Waals surface area contributed by atoms with Crippen LogP contribution < -0.4 is 15.0 Å². The number of allylic oxidation sites excluding steroid dienone is 2. The van der Waals surface area contributed by atoms with Crippen LogP contribution in [0.25, 0.3) is 0 Å². The minimum Gasteiger partial charge on any atom is -0.478 e. The Balaban J connectivity index is 1.16. The Hall–Kier alpha value is -4.49. The third-order valence-corrected chi connectivity index (χ3v) is 7.82. The van der Waals surface area contributed by atoms with E-state index in [1.165, 1.54) is 5.69 Å². The molecule has 2 aliphatic heterocycles. The van der Waals surface area contributed by atoms with Crippen LogP contribution in [0.1, 0.15) is 31.8 Å². The van der Waals surface area contributed by atoms with Crippen LogP contribution in [-0.2, 0) is 0 Å². The first kappa shape index (κ1) is 23.6. The number of nitrogens with one attached hydrogen (secondary N) is 1. The molecular weight excluding hydrogens is 488 g/mol. The Kier molecular flexibility index (Phi) is 5.86. The normalized spacial score (nSPS) is 19.4. The highest BCUT2D eigenvalue weighted by molar-refractivity contribution is 6.32. The molecule has 4 aliphatic rings. The molecular formula is C32H28N4O3. The fourth-order valence-electron chi connectivity index (χ4n) is 5.79. The average molecular weight is 517 g/mol. The third-order valence-electron chi connectivity index (χ3n) is 7.82. The van der Waals surface area contributed by atoms with Crippen molar-refractivity contribution in [2.24, 2.45) is 4.99 Å². The highest BCUT2D eigenvalue weighted by atomic mass is 16.5. The van der Waals surface area contributed by atoms with Gasteiger partial charge >= 0.3 is 0 Å². The van der Waals surface area contributed by atoms with Gasteiger partial charge in [-0.15, -0.1) is 0 Å². The van der Waals surface area contributed by atoms with E-state index in [4.69, 9.17) is 9.73 Å². The van der Waals surface area contributed by atoms with Crippen molar-refractivity contribution in [1.29, 1.82) is 0 Å². The maximum Gasteiger partial charge on any atom is 0.196 e. The summed E-state index contributed by atoms with van der Waals surface area (Å²) in [5.41, 5.74) is 4.58. The fourth-order valence-corrected chi connectivity index (χ4v) is 5.79. The summed E-state index contributed by atoms with van der Waals surface area (Å²) in [5, 5.41) is 3.48. The summed E-state index contributed by atoms with van der Waals surface area (Å²) in [5.74, 6) is 0.157. The fraction of sp³-hybridized carbons (Fsp3) is 0.219. The second kappa shape index (κ2) is 9.67. The van der Waals surface area contributed by atoms with E-state index in [9.17, 15) is 9.59 Å². The topological polar surface area (TPSA) is 74.2 Å². The second-order valence-corrected chi connectivity index (χ2v) is 10.1. The largest absolute Gasteiger partial charge is 0.478 e. The summed E-state index contributed by atoms with van der Waals surface area (Å²) >= 11 is 0. The van der Waals surface area contributed by atoms with E-state index in [-0.39, 0.29) is 17.7 Å². The molecule has 1 N–H and O–H groups in total. The molecule has 194 valence electrons. The number of carbonyl (C=O) groups excluding carboxylic acids is 2. The lowest BCUT2D eigenvalue weighted by Gasteiger charge is -2.36. The molecule has 1 atom stereocenters. The lowest BCUT2D eigenvalue weighted by atomic mass is 9.81. The Bertz CT molecular complexity index is 1570. The summed E-state index contributed by atoms with van der Waals surface area (Å²) in [6.45, 7) is 5.34. The quantitative estimate of drug-likeness (QED) is 0.416. The lowest BCUT2D eigenvalue weighted by molar-refractivity contribution is 0.0979. The van der Waals surface area contributed by atoms with E-state index in [1.807, 2.05) is 36.4 Å². The highest BCUT2D eigenvalue weighted by Gasteiger charge is 2.37. The molecule has 0 amide bonds. The van der Waals surface area contributed by atoms with Crippen LogP contribution in [0.3, 0.4) is 0 Å². The van der Waals surface area contributed by atoms with E-state index in [0.29, 0.717) is 45.9 Å². The van der Waals surface area contributed by atoms with Gasteiger partial charge in [0.15, 0.2) is 17.7 Å². The van der Waals surface area contributed by atoms with Gasteiger partial charge in [0, 0.05) is 67.8 Å². The minimum atomic E-state index is -0.309. The van der Waals surface area contributed by atoms with Crippen molar-refractivity contribution in [3.8, 4) is 5.75 Å². The molecule has 7 nitrogen and oxygen atoms in total. The van der Waals surface area contributed by atoms with Crippen LogP contribution in [-0.4, -0.2) is 67.6 Å². The molecule has 3 aromatic rings. The molecule has 7 heteroatoms. The SMILES string of the molecule is O=C1c2ccccc2C(=O)c2c3c(cc(NCCN4CCN(c5ccccc5)CC4)c21)OC1C=CC=CC1=N3. The first-order chi connectivity index (χ1) is 19.2. The third kappa shape index (κ3) is 4.15. The number of hydrogen-bond acceptors (Lipinski definition) is 7. The minimum absolute atomic E-state index is 0.164. The van der Waals surface area contributed by atoms with Crippen LogP contribution in [0.15, 0.2) is 90.0 Å². The highest BCUT2D eigenvalue weighted by Crippen LogP contribution is 2.46. The number of rotatable bonds is 5. The maximum atomic E-state index is 13.8. The molecule has 3 aromatic carbocycles. The first-order valence-electron chi connectivity index (χ1n) is 13.4. The predicted octanol–water partition coefficient (Wildman–Crippen LogP) is 4.66. The maximum absolute atomic E-state index is 13.8. The number of anilines is 2. The summed E-state index contributed by atoms with van der Waals surface area (Å²) in [6.07, 6.45) is 7.33. The summed E-state index contributed by atoms with van der Waals surface area (Å²) in [4.78, 5) is 37.1. The Morgan fingerprint density at radius 3 is 2.36 bits per heavy atom. The van der Waals surface area contributed by atoms with Crippen molar-refractivity contribution in [3.05, 3.63) is 107 Å². The van der Waals surface area contributed by atoms with Gasteiger partial charge in [0.25, 0.3) is 0 Å². The molecule has 0 spiro atoms. The van der Waals surface area contributed by atoms with E-state index in [2.05, 4.69) is 39.4 Å². The van der Waals surface area contributed by atoms with Crippen molar-refractivity contribution in [1.82, 2.24) is 4.90 Å². The van der Waals surface area contributed by atoms with Crippen LogP contribution in [0.2, 0.25) is 0 Å². The monoisotopic (exact) mass is 516 g/mol. The number of para-hydroxylation sites is 1. The van der Waals surface area contributed by atoms with Crippen LogP contribution in [0.4, 0.5) is 17.1 Å². The van der Waals surface area contributed by atoms with Crippen molar-refractivity contribution in [2.45, 2.75) is 6.10 Å². The molecule has 0 aromatic heterocycles. The van der Waals surface area contributed by atoms with Gasteiger partial charge in [0.2, 0.25) is 0 Å². The average Bonchev–Trinajstić information content (AvgIpc) is 2.99. The summed E-state index contributed by atoms with van der Waals surface area (Å²) < 4.78 is 6.28. The Morgan fingerprint density at radius 2 is 1.59 bits per heavy atom. The van der Waals surface area contributed by atoms with Crippen molar-refractivity contribution < 1.29 is 14.3 Å². The number of benzene rings is 3. The van der Waals surface area contributed by atoms with E-state index in [1.54, 1.807) is 24.3 Å². The van der Waals surface area contributed by atoms with Crippen LogP contribution in [0, 0.1) is 0 Å². The number of carbonyl (C=O) groups is 2. The van der Waals surface area contributed by atoms with Gasteiger partial charge in [0.05, 0.1) is 16.8 Å². The number of nitrogens with zero attached hydrogens (tertiary/aromatic N) is 3. The van der Waals surface area contributed by atoms with Crippen LogP contribution in [0.5, 0.6) is 5.75 Å². The number of hydrogen-bond donors (Lipinski definition) is 1. The van der Waals surface area contributed by atoms with E-state index >= 15 is 0 Å². The zero-order valence-electron chi connectivity index (χ0n) is 21.5. The second-order valence-electron chi connectivity index (χ2n) is 10.1.